The van der Waals surface area contributed by atoms with E-state index in [2.05, 4.69) is 10.6 Å². The van der Waals surface area contributed by atoms with Gasteiger partial charge in [-0.05, 0) is 75.8 Å². The van der Waals surface area contributed by atoms with Gasteiger partial charge in [0.25, 0.3) is 0 Å². The van der Waals surface area contributed by atoms with Crippen LogP contribution in [0.2, 0.25) is 0 Å². The van der Waals surface area contributed by atoms with Crippen molar-refractivity contribution >= 4 is 5.97 Å². The maximum atomic E-state index is 10.2. The van der Waals surface area contributed by atoms with Crippen LogP contribution in [0.15, 0.2) is 30.3 Å². The average molecular weight is 290 g/mol. The van der Waals surface area contributed by atoms with Gasteiger partial charge < -0.3 is 15.7 Å². The molecular formula is C17H26N2O2. The number of hydrogen-bond acceptors (Lipinski definition) is 3. The molecule has 2 heterocycles. The second-order valence-corrected chi connectivity index (χ2v) is 5.85. The Kier molecular flexibility index (Phi) is 6.70. The van der Waals surface area contributed by atoms with Crippen LogP contribution in [0.4, 0.5) is 0 Å². The first kappa shape index (κ1) is 16.0. The van der Waals surface area contributed by atoms with Gasteiger partial charge in [-0.2, -0.15) is 0 Å². The molecule has 2 aliphatic heterocycles. The predicted molar refractivity (Wildman–Crippen MR) is 84.6 cm³/mol. The summed E-state index contributed by atoms with van der Waals surface area (Å²) >= 11 is 0. The molecule has 2 saturated heterocycles. The molecule has 4 heteroatoms. The molecule has 3 N–H and O–H groups in total. The Bertz CT molecular complexity index is 394. The molecule has 0 unspecified atom stereocenters. The Balaban J connectivity index is 0.000000161. The highest BCUT2D eigenvalue weighted by molar-refractivity contribution is 5.87. The summed E-state index contributed by atoms with van der Waals surface area (Å²) < 4.78 is 0. The molecule has 0 radical (unpaired) electrons. The van der Waals surface area contributed by atoms with E-state index in [1.54, 1.807) is 30.3 Å². The summed E-state index contributed by atoms with van der Waals surface area (Å²) in [5.74, 6) is 1.19. The van der Waals surface area contributed by atoms with Crippen molar-refractivity contribution in [3.8, 4) is 0 Å². The topological polar surface area (TPSA) is 61.4 Å². The van der Waals surface area contributed by atoms with Gasteiger partial charge in [0, 0.05) is 0 Å². The quantitative estimate of drug-likeness (QED) is 0.782. The van der Waals surface area contributed by atoms with Gasteiger partial charge in [-0.15, -0.1) is 0 Å². The van der Waals surface area contributed by atoms with Gasteiger partial charge in [0.15, 0.2) is 0 Å². The average Bonchev–Trinajstić information content (AvgIpc) is 2.58. The maximum absolute atomic E-state index is 10.2. The molecule has 2 aliphatic rings. The molecule has 4 nitrogen and oxygen atoms in total. The summed E-state index contributed by atoms with van der Waals surface area (Å²) in [5, 5.41) is 15.3. The summed E-state index contributed by atoms with van der Waals surface area (Å²) in [6.07, 6.45) is 5.69. The van der Waals surface area contributed by atoms with Crippen LogP contribution in [-0.4, -0.2) is 37.3 Å². The smallest absolute Gasteiger partial charge is 0.335 e. The second-order valence-electron chi connectivity index (χ2n) is 5.85. The van der Waals surface area contributed by atoms with Crippen molar-refractivity contribution in [3.05, 3.63) is 35.9 Å². The number of carbonyl (C=O) groups is 1. The maximum Gasteiger partial charge on any atom is 0.335 e. The van der Waals surface area contributed by atoms with Gasteiger partial charge in [-0.1, -0.05) is 18.2 Å². The van der Waals surface area contributed by atoms with E-state index in [1.807, 2.05) is 0 Å². The summed E-state index contributed by atoms with van der Waals surface area (Å²) in [4.78, 5) is 10.2. The van der Waals surface area contributed by atoms with Crippen LogP contribution >= 0.6 is 0 Å². The molecule has 0 atom stereocenters. The van der Waals surface area contributed by atoms with Crippen LogP contribution in [0.25, 0.3) is 0 Å². The lowest BCUT2D eigenvalue weighted by Gasteiger charge is -2.33. The fourth-order valence-corrected chi connectivity index (χ4v) is 3.21. The minimum Gasteiger partial charge on any atom is -0.478 e. The lowest BCUT2D eigenvalue weighted by atomic mass is 9.80. The van der Waals surface area contributed by atoms with E-state index in [4.69, 9.17) is 5.11 Å². The van der Waals surface area contributed by atoms with Gasteiger partial charge in [-0.3, -0.25) is 0 Å². The first-order chi connectivity index (χ1) is 10.3. The minimum atomic E-state index is -0.879. The van der Waals surface area contributed by atoms with Gasteiger partial charge in [0.1, 0.15) is 0 Å². The Morgan fingerprint density at radius 2 is 1.29 bits per heavy atom. The SMILES string of the molecule is C1CC(C2CCNCC2)CCN1.O=C(O)c1ccccc1. The zero-order chi connectivity index (χ0) is 14.9. The Hall–Kier alpha value is -1.39. The lowest BCUT2D eigenvalue weighted by Crippen LogP contribution is -2.37. The number of benzene rings is 1. The molecule has 0 aromatic heterocycles. The third kappa shape index (κ3) is 5.48. The van der Waals surface area contributed by atoms with Crippen LogP contribution in [-0.2, 0) is 0 Å². The predicted octanol–water partition coefficient (Wildman–Crippen LogP) is 2.37. The Morgan fingerprint density at radius 1 is 0.857 bits per heavy atom. The summed E-state index contributed by atoms with van der Waals surface area (Å²) in [6, 6.07) is 8.30. The molecule has 1 aromatic rings. The fourth-order valence-electron chi connectivity index (χ4n) is 3.21. The molecule has 3 rings (SSSR count). The van der Waals surface area contributed by atoms with Gasteiger partial charge in [0.2, 0.25) is 0 Å². The monoisotopic (exact) mass is 290 g/mol. The fraction of sp³-hybridized carbons (Fsp3) is 0.588. The minimum absolute atomic E-state index is 0.331. The molecule has 116 valence electrons. The Labute approximate surface area is 126 Å². The van der Waals surface area contributed by atoms with E-state index in [0.717, 1.165) is 11.8 Å². The number of rotatable bonds is 2. The van der Waals surface area contributed by atoms with E-state index >= 15 is 0 Å². The zero-order valence-electron chi connectivity index (χ0n) is 12.6. The van der Waals surface area contributed by atoms with E-state index < -0.39 is 5.97 Å². The van der Waals surface area contributed by atoms with E-state index in [9.17, 15) is 4.79 Å². The number of carboxylic acid groups (broad SMARTS) is 1. The van der Waals surface area contributed by atoms with Crippen LogP contribution in [0.1, 0.15) is 36.0 Å². The third-order valence-electron chi connectivity index (χ3n) is 4.46. The van der Waals surface area contributed by atoms with Crippen LogP contribution < -0.4 is 10.6 Å². The van der Waals surface area contributed by atoms with Crippen molar-refractivity contribution < 1.29 is 9.90 Å². The van der Waals surface area contributed by atoms with Crippen molar-refractivity contribution in [2.45, 2.75) is 25.7 Å². The van der Waals surface area contributed by atoms with Crippen LogP contribution in [0, 0.1) is 11.8 Å². The van der Waals surface area contributed by atoms with E-state index in [-0.39, 0.29) is 0 Å². The number of hydrogen-bond donors (Lipinski definition) is 3. The molecule has 0 bridgehead atoms. The van der Waals surface area contributed by atoms with Crippen molar-refractivity contribution in [1.29, 1.82) is 0 Å². The zero-order valence-corrected chi connectivity index (χ0v) is 12.6. The van der Waals surface area contributed by atoms with Crippen molar-refractivity contribution in [2.24, 2.45) is 11.8 Å². The molecular weight excluding hydrogens is 264 g/mol. The number of aromatic carboxylic acids is 1. The van der Waals surface area contributed by atoms with Crippen LogP contribution in [0.5, 0.6) is 0 Å². The molecule has 0 spiro atoms. The van der Waals surface area contributed by atoms with Crippen molar-refractivity contribution in [1.82, 2.24) is 10.6 Å². The first-order valence-electron chi connectivity index (χ1n) is 7.97. The van der Waals surface area contributed by atoms with E-state index in [0.29, 0.717) is 5.56 Å². The summed E-state index contributed by atoms with van der Waals surface area (Å²) in [7, 11) is 0. The van der Waals surface area contributed by atoms with Gasteiger partial charge >= 0.3 is 5.97 Å². The molecule has 0 amide bonds. The van der Waals surface area contributed by atoms with Gasteiger partial charge in [0.05, 0.1) is 5.56 Å². The highest BCUT2D eigenvalue weighted by Gasteiger charge is 2.24. The number of piperidine rings is 2. The molecule has 2 fully saturated rings. The summed E-state index contributed by atoms with van der Waals surface area (Å²) in [6.45, 7) is 5.03. The van der Waals surface area contributed by atoms with E-state index in [1.165, 1.54) is 51.9 Å². The largest absolute Gasteiger partial charge is 0.478 e. The molecule has 0 saturated carbocycles. The number of carboxylic acids is 1. The highest BCUT2D eigenvalue weighted by atomic mass is 16.4. The lowest BCUT2D eigenvalue weighted by molar-refractivity contribution is 0.0697. The molecule has 21 heavy (non-hydrogen) atoms. The van der Waals surface area contributed by atoms with Crippen LogP contribution in [0.3, 0.4) is 0 Å². The molecule has 0 aliphatic carbocycles. The van der Waals surface area contributed by atoms with Crippen molar-refractivity contribution in [3.63, 3.8) is 0 Å². The first-order valence-corrected chi connectivity index (χ1v) is 7.97. The Morgan fingerprint density at radius 3 is 1.62 bits per heavy atom. The second kappa shape index (κ2) is 8.80. The standard InChI is InChI=1S/C10H20N2.C7H6O2/c1-5-11-6-2-9(1)10-3-7-12-8-4-10;8-7(9)6-4-2-1-3-5-6/h9-12H,1-8H2;1-5H,(H,8,9). The summed E-state index contributed by atoms with van der Waals surface area (Å²) in [5.41, 5.74) is 0.331. The highest BCUT2D eigenvalue weighted by Crippen LogP contribution is 2.28. The third-order valence-corrected chi connectivity index (χ3v) is 4.46. The number of nitrogens with one attached hydrogen (secondary N) is 2. The normalized spacial score (nSPS) is 20.4. The van der Waals surface area contributed by atoms with Gasteiger partial charge in [-0.25, -0.2) is 4.79 Å². The molecule has 1 aromatic carbocycles. The van der Waals surface area contributed by atoms with Crippen molar-refractivity contribution in [2.75, 3.05) is 26.2 Å².